The van der Waals surface area contributed by atoms with Crippen LogP contribution in [0.3, 0.4) is 0 Å². The van der Waals surface area contributed by atoms with Gasteiger partial charge in [0.1, 0.15) is 0 Å². The van der Waals surface area contributed by atoms with Crippen molar-refractivity contribution in [2.75, 3.05) is 18.4 Å². The lowest BCUT2D eigenvalue weighted by Gasteiger charge is -2.11. The van der Waals surface area contributed by atoms with E-state index in [2.05, 4.69) is 15.3 Å². The highest BCUT2D eigenvalue weighted by atomic mass is 19.4. The molecule has 0 unspecified atom stereocenters. The molecule has 138 valence electrons. The Hall–Kier alpha value is -3.13. The molecule has 4 rings (SSSR count). The highest BCUT2D eigenvalue weighted by Gasteiger charge is 2.30. The van der Waals surface area contributed by atoms with Crippen LogP contribution in [0, 0.1) is 0 Å². The lowest BCUT2D eigenvalue weighted by atomic mass is 10.1. The van der Waals surface area contributed by atoms with Crippen molar-refractivity contribution in [3.8, 4) is 11.3 Å². The van der Waals surface area contributed by atoms with E-state index in [9.17, 15) is 13.2 Å². The van der Waals surface area contributed by atoms with Gasteiger partial charge in [-0.25, -0.2) is 9.97 Å². The molecule has 0 saturated carbocycles. The third-order valence-electron chi connectivity index (χ3n) is 4.27. The topological polar surface area (TPSA) is 68.2 Å². The summed E-state index contributed by atoms with van der Waals surface area (Å²) in [6.07, 6.45) is -2.73. The maximum Gasteiger partial charge on any atom is 0.416 e. The largest absolute Gasteiger partial charge is 0.416 e. The molecule has 2 aromatic carbocycles. The van der Waals surface area contributed by atoms with Crippen molar-refractivity contribution < 1.29 is 13.2 Å². The van der Waals surface area contributed by atoms with Crippen LogP contribution < -0.4 is 11.1 Å². The first-order valence-electron chi connectivity index (χ1n) is 8.37. The standard InChI is InChI=1S/C19H16F3N5/c20-19(21,22)13-7-5-12(6-8-13)16-11-25-18-17(24-10-9-23)26-14-3-1-2-4-15(14)27(16)18/h1-8,11H,9-10,23H2,(H,24,26). The van der Waals surface area contributed by atoms with E-state index >= 15 is 0 Å². The average Bonchev–Trinajstić information content (AvgIpc) is 3.11. The number of nitrogens with one attached hydrogen (secondary N) is 1. The first-order valence-corrected chi connectivity index (χ1v) is 8.37. The third kappa shape index (κ3) is 3.08. The van der Waals surface area contributed by atoms with Crippen molar-refractivity contribution in [1.29, 1.82) is 0 Å². The van der Waals surface area contributed by atoms with Crippen molar-refractivity contribution >= 4 is 22.5 Å². The molecule has 0 amide bonds. The second kappa shape index (κ2) is 6.55. The quantitative estimate of drug-likeness (QED) is 0.570. The summed E-state index contributed by atoms with van der Waals surface area (Å²) in [5.41, 5.74) is 8.37. The van der Waals surface area contributed by atoms with E-state index in [1.54, 1.807) is 6.20 Å². The summed E-state index contributed by atoms with van der Waals surface area (Å²) in [6, 6.07) is 12.6. The summed E-state index contributed by atoms with van der Waals surface area (Å²) in [5.74, 6) is 0.581. The van der Waals surface area contributed by atoms with Gasteiger partial charge in [0, 0.05) is 18.7 Å². The Morgan fingerprint density at radius 3 is 2.48 bits per heavy atom. The second-order valence-corrected chi connectivity index (χ2v) is 6.04. The number of nitrogens with zero attached hydrogens (tertiary/aromatic N) is 3. The zero-order chi connectivity index (χ0) is 19.0. The Balaban J connectivity index is 1.92. The van der Waals surface area contributed by atoms with Crippen LogP contribution in [0.5, 0.6) is 0 Å². The molecule has 2 heterocycles. The fourth-order valence-corrected chi connectivity index (χ4v) is 3.02. The van der Waals surface area contributed by atoms with Crippen LogP contribution in [-0.2, 0) is 6.18 Å². The van der Waals surface area contributed by atoms with Gasteiger partial charge in [0.15, 0.2) is 11.5 Å². The first-order chi connectivity index (χ1) is 13.0. The van der Waals surface area contributed by atoms with Gasteiger partial charge in [-0.3, -0.25) is 4.40 Å². The molecule has 0 aliphatic carbocycles. The third-order valence-corrected chi connectivity index (χ3v) is 4.27. The maximum absolute atomic E-state index is 12.9. The Morgan fingerprint density at radius 2 is 1.78 bits per heavy atom. The number of imidazole rings is 1. The fourth-order valence-electron chi connectivity index (χ4n) is 3.02. The van der Waals surface area contributed by atoms with Gasteiger partial charge in [-0.1, -0.05) is 24.3 Å². The second-order valence-electron chi connectivity index (χ2n) is 6.04. The molecular weight excluding hydrogens is 355 g/mol. The molecule has 0 atom stereocenters. The van der Waals surface area contributed by atoms with E-state index in [-0.39, 0.29) is 0 Å². The minimum absolute atomic E-state index is 0.438. The molecule has 0 aliphatic rings. The molecule has 0 fully saturated rings. The van der Waals surface area contributed by atoms with Gasteiger partial charge in [0.05, 0.1) is 28.5 Å². The number of rotatable bonds is 4. The number of benzene rings is 2. The number of halogens is 3. The number of nitrogens with two attached hydrogens (primary N) is 1. The normalized spacial score (nSPS) is 12.0. The van der Waals surface area contributed by atoms with Gasteiger partial charge < -0.3 is 11.1 Å². The molecule has 27 heavy (non-hydrogen) atoms. The molecule has 0 bridgehead atoms. The molecule has 3 N–H and O–H groups in total. The van der Waals surface area contributed by atoms with Gasteiger partial charge in [-0.15, -0.1) is 0 Å². The summed E-state index contributed by atoms with van der Waals surface area (Å²) in [6.45, 7) is 0.969. The molecule has 5 nitrogen and oxygen atoms in total. The van der Waals surface area contributed by atoms with Crippen molar-refractivity contribution in [1.82, 2.24) is 14.4 Å². The Labute approximate surface area is 152 Å². The summed E-state index contributed by atoms with van der Waals surface area (Å²) in [5, 5.41) is 3.16. The van der Waals surface area contributed by atoms with E-state index in [0.29, 0.717) is 35.8 Å². The molecular formula is C19H16F3N5. The molecule has 0 saturated heterocycles. The molecule has 0 aliphatic heterocycles. The highest BCUT2D eigenvalue weighted by molar-refractivity contribution is 5.86. The van der Waals surface area contributed by atoms with Gasteiger partial charge in [-0.2, -0.15) is 13.2 Å². The molecule has 4 aromatic rings. The minimum atomic E-state index is -4.37. The predicted octanol–water partition coefficient (Wildman–Crippen LogP) is 3.94. The van der Waals surface area contributed by atoms with Crippen molar-refractivity contribution in [3.63, 3.8) is 0 Å². The SMILES string of the molecule is NCCNc1nc2ccccc2n2c(-c3ccc(C(F)(F)F)cc3)cnc12. The van der Waals surface area contributed by atoms with Crippen LogP contribution in [0.2, 0.25) is 0 Å². The summed E-state index contributed by atoms with van der Waals surface area (Å²) in [7, 11) is 0. The molecule has 0 radical (unpaired) electrons. The van der Waals surface area contributed by atoms with E-state index in [1.807, 2.05) is 28.7 Å². The first kappa shape index (κ1) is 17.3. The van der Waals surface area contributed by atoms with Crippen LogP contribution in [-0.4, -0.2) is 27.5 Å². The zero-order valence-corrected chi connectivity index (χ0v) is 14.2. The monoisotopic (exact) mass is 371 g/mol. The minimum Gasteiger partial charge on any atom is -0.366 e. The van der Waals surface area contributed by atoms with Crippen LogP contribution in [0.4, 0.5) is 19.0 Å². The Kier molecular flexibility index (Phi) is 4.19. The number of anilines is 1. The number of hydrogen-bond acceptors (Lipinski definition) is 4. The van der Waals surface area contributed by atoms with Gasteiger partial charge in [0.2, 0.25) is 0 Å². The zero-order valence-electron chi connectivity index (χ0n) is 14.2. The molecule has 2 aromatic heterocycles. The van der Waals surface area contributed by atoms with E-state index in [4.69, 9.17) is 5.73 Å². The maximum atomic E-state index is 12.9. The summed E-state index contributed by atoms with van der Waals surface area (Å²) >= 11 is 0. The molecule has 8 heteroatoms. The van der Waals surface area contributed by atoms with Crippen molar-refractivity contribution in [2.45, 2.75) is 6.18 Å². The predicted molar refractivity (Wildman–Crippen MR) is 98.5 cm³/mol. The number of alkyl halides is 3. The fraction of sp³-hybridized carbons (Fsp3) is 0.158. The van der Waals surface area contributed by atoms with Crippen LogP contribution in [0.25, 0.3) is 27.9 Å². The van der Waals surface area contributed by atoms with E-state index in [0.717, 1.165) is 23.2 Å². The number of hydrogen-bond donors (Lipinski definition) is 2. The average molecular weight is 371 g/mol. The van der Waals surface area contributed by atoms with Crippen LogP contribution >= 0.6 is 0 Å². The summed E-state index contributed by atoms with van der Waals surface area (Å²) < 4.78 is 40.4. The summed E-state index contributed by atoms with van der Waals surface area (Å²) in [4.78, 5) is 9.04. The van der Waals surface area contributed by atoms with E-state index in [1.165, 1.54) is 12.1 Å². The molecule has 0 spiro atoms. The van der Waals surface area contributed by atoms with E-state index < -0.39 is 11.7 Å². The van der Waals surface area contributed by atoms with Crippen LogP contribution in [0.1, 0.15) is 5.56 Å². The van der Waals surface area contributed by atoms with Crippen molar-refractivity contribution in [3.05, 3.63) is 60.3 Å². The number of fused-ring (bicyclic) bond motifs is 3. The van der Waals surface area contributed by atoms with Crippen molar-refractivity contribution in [2.24, 2.45) is 5.73 Å². The Morgan fingerprint density at radius 1 is 1.04 bits per heavy atom. The number of aromatic nitrogens is 3. The lowest BCUT2D eigenvalue weighted by Crippen LogP contribution is -2.15. The smallest absolute Gasteiger partial charge is 0.366 e. The van der Waals surface area contributed by atoms with Crippen LogP contribution in [0.15, 0.2) is 54.7 Å². The highest BCUT2D eigenvalue weighted by Crippen LogP contribution is 2.32. The Bertz CT molecular complexity index is 1100. The number of para-hydroxylation sites is 2. The van der Waals surface area contributed by atoms with Gasteiger partial charge in [-0.05, 0) is 24.3 Å². The lowest BCUT2D eigenvalue weighted by molar-refractivity contribution is -0.137. The van der Waals surface area contributed by atoms with Gasteiger partial charge in [0.25, 0.3) is 0 Å². The van der Waals surface area contributed by atoms with Gasteiger partial charge >= 0.3 is 6.18 Å².